The lowest BCUT2D eigenvalue weighted by molar-refractivity contribution is 0.636. The minimum absolute atomic E-state index is 0.437. The predicted octanol–water partition coefficient (Wildman–Crippen LogP) is 2.54. The third-order valence-electron chi connectivity index (χ3n) is 2.02. The van der Waals surface area contributed by atoms with Crippen LogP contribution >= 0.6 is 11.3 Å². The molecule has 3 heteroatoms. The molecule has 1 rings (SSSR count). The molecule has 0 spiro atoms. The molecule has 1 unspecified atom stereocenters. The van der Waals surface area contributed by atoms with Crippen molar-refractivity contribution in [3.63, 3.8) is 0 Å². The van der Waals surface area contributed by atoms with E-state index in [0.29, 0.717) is 6.04 Å². The first kappa shape index (κ1) is 10.4. The van der Waals surface area contributed by atoms with E-state index in [4.69, 9.17) is 0 Å². The molecule has 0 aromatic carbocycles. The van der Waals surface area contributed by atoms with Gasteiger partial charge in [-0.25, -0.2) is 4.98 Å². The van der Waals surface area contributed by atoms with Crippen LogP contribution in [0.1, 0.15) is 26.5 Å². The Kier molecular flexibility index (Phi) is 4.12. The highest BCUT2D eigenvalue weighted by Crippen LogP contribution is 2.09. The second-order valence-corrected chi connectivity index (χ2v) is 3.80. The molecule has 1 aromatic heterocycles. The smallest absolute Gasteiger partial charge is 0.0798 e. The standard InChI is InChI=1S/C10H16N2S/c1-4-11-9(3)8(2)5-10-6-13-7-12-10/h5-7,9,11H,4H2,1-3H3. The topological polar surface area (TPSA) is 24.9 Å². The SMILES string of the molecule is CCNC(C)C(C)=Cc1cscn1. The van der Waals surface area contributed by atoms with Gasteiger partial charge in [0, 0.05) is 11.4 Å². The highest BCUT2D eigenvalue weighted by atomic mass is 32.1. The van der Waals surface area contributed by atoms with Crippen molar-refractivity contribution in [2.75, 3.05) is 6.54 Å². The molecule has 0 saturated carbocycles. The average molecular weight is 196 g/mol. The summed E-state index contributed by atoms with van der Waals surface area (Å²) in [6.07, 6.45) is 2.13. The zero-order valence-corrected chi connectivity index (χ0v) is 9.19. The van der Waals surface area contributed by atoms with Gasteiger partial charge in [-0.1, -0.05) is 12.5 Å². The Morgan fingerprint density at radius 2 is 2.54 bits per heavy atom. The third-order valence-corrected chi connectivity index (χ3v) is 2.62. The Balaban J connectivity index is 2.60. The van der Waals surface area contributed by atoms with E-state index in [1.807, 2.05) is 5.51 Å². The Labute approximate surface area is 83.7 Å². The maximum Gasteiger partial charge on any atom is 0.0798 e. The van der Waals surface area contributed by atoms with Gasteiger partial charge in [0.15, 0.2) is 0 Å². The fourth-order valence-corrected chi connectivity index (χ4v) is 1.63. The summed E-state index contributed by atoms with van der Waals surface area (Å²) in [6, 6.07) is 0.437. The summed E-state index contributed by atoms with van der Waals surface area (Å²) in [4.78, 5) is 4.21. The first-order valence-electron chi connectivity index (χ1n) is 4.53. The fraction of sp³-hybridized carbons (Fsp3) is 0.500. The number of rotatable bonds is 4. The number of hydrogen-bond acceptors (Lipinski definition) is 3. The minimum atomic E-state index is 0.437. The molecule has 2 nitrogen and oxygen atoms in total. The molecule has 0 saturated heterocycles. The fourth-order valence-electron chi connectivity index (χ4n) is 1.12. The van der Waals surface area contributed by atoms with Gasteiger partial charge in [0.05, 0.1) is 11.2 Å². The largest absolute Gasteiger partial charge is 0.311 e. The molecule has 1 N–H and O–H groups in total. The quantitative estimate of drug-likeness (QED) is 0.800. The van der Waals surface area contributed by atoms with Gasteiger partial charge >= 0.3 is 0 Å². The minimum Gasteiger partial charge on any atom is -0.311 e. The summed E-state index contributed by atoms with van der Waals surface area (Å²) in [7, 11) is 0. The van der Waals surface area contributed by atoms with E-state index in [2.05, 4.69) is 42.5 Å². The molecule has 72 valence electrons. The van der Waals surface area contributed by atoms with Crippen LogP contribution in [-0.4, -0.2) is 17.6 Å². The van der Waals surface area contributed by atoms with Gasteiger partial charge in [-0.15, -0.1) is 11.3 Å². The van der Waals surface area contributed by atoms with Crippen LogP contribution in [-0.2, 0) is 0 Å². The number of nitrogens with one attached hydrogen (secondary N) is 1. The van der Waals surface area contributed by atoms with Gasteiger partial charge in [-0.05, 0) is 26.5 Å². The molecule has 13 heavy (non-hydrogen) atoms. The summed E-state index contributed by atoms with van der Waals surface area (Å²) in [5, 5.41) is 5.42. The van der Waals surface area contributed by atoms with E-state index < -0.39 is 0 Å². The molecule has 0 aliphatic rings. The average Bonchev–Trinajstić information content (AvgIpc) is 2.57. The molecular formula is C10H16N2S. The van der Waals surface area contributed by atoms with Crippen LogP contribution in [0.2, 0.25) is 0 Å². The lowest BCUT2D eigenvalue weighted by Crippen LogP contribution is -2.26. The maximum atomic E-state index is 4.21. The summed E-state index contributed by atoms with van der Waals surface area (Å²) in [5.41, 5.74) is 4.25. The van der Waals surface area contributed by atoms with Crippen LogP contribution in [0.3, 0.4) is 0 Å². The number of hydrogen-bond donors (Lipinski definition) is 1. The number of aromatic nitrogens is 1. The lowest BCUT2D eigenvalue weighted by atomic mass is 10.1. The highest BCUT2D eigenvalue weighted by Gasteiger charge is 2.01. The second kappa shape index (κ2) is 5.14. The number of likely N-dealkylation sites (N-methyl/N-ethyl adjacent to an activating group) is 1. The van der Waals surface area contributed by atoms with Crippen molar-refractivity contribution >= 4 is 17.4 Å². The van der Waals surface area contributed by atoms with Crippen LogP contribution in [0.25, 0.3) is 6.08 Å². The van der Waals surface area contributed by atoms with Crippen molar-refractivity contribution in [2.24, 2.45) is 0 Å². The van der Waals surface area contributed by atoms with Crippen LogP contribution in [0, 0.1) is 0 Å². The van der Waals surface area contributed by atoms with Gasteiger partial charge in [0.1, 0.15) is 0 Å². The van der Waals surface area contributed by atoms with E-state index in [1.165, 1.54) is 5.57 Å². The van der Waals surface area contributed by atoms with Gasteiger partial charge in [0.25, 0.3) is 0 Å². The van der Waals surface area contributed by atoms with Crippen molar-refractivity contribution in [3.05, 3.63) is 22.2 Å². The molecule has 1 aromatic rings. The van der Waals surface area contributed by atoms with Crippen LogP contribution in [0.5, 0.6) is 0 Å². The summed E-state index contributed by atoms with van der Waals surface area (Å²) in [5.74, 6) is 0. The van der Waals surface area contributed by atoms with E-state index in [0.717, 1.165) is 12.2 Å². The van der Waals surface area contributed by atoms with Crippen molar-refractivity contribution in [1.29, 1.82) is 0 Å². The van der Waals surface area contributed by atoms with Gasteiger partial charge in [-0.3, -0.25) is 0 Å². The van der Waals surface area contributed by atoms with Crippen LogP contribution in [0.4, 0.5) is 0 Å². The lowest BCUT2D eigenvalue weighted by Gasteiger charge is -2.12. The first-order chi connectivity index (χ1) is 6.24. The van der Waals surface area contributed by atoms with Crippen LogP contribution < -0.4 is 5.32 Å². The Hall–Kier alpha value is -0.670. The Bertz CT molecular complexity index is 264. The van der Waals surface area contributed by atoms with Crippen LogP contribution in [0.15, 0.2) is 16.5 Å². The normalized spacial score (nSPS) is 14.5. The van der Waals surface area contributed by atoms with Gasteiger partial charge < -0.3 is 5.32 Å². The summed E-state index contributed by atoms with van der Waals surface area (Å²) in [6.45, 7) is 7.42. The maximum absolute atomic E-state index is 4.21. The van der Waals surface area contributed by atoms with E-state index in [-0.39, 0.29) is 0 Å². The van der Waals surface area contributed by atoms with Crippen molar-refractivity contribution in [2.45, 2.75) is 26.8 Å². The molecule has 0 radical (unpaired) electrons. The van der Waals surface area contributed by atoms with Gasteiger partial charge in [0.2, 0.25) is 0 Å². The third kappa shape index (κ3) is 3.28. The van der Waals surface area contributed by atoms with E-state index in [9.17, 15) is 0 Å². The van der Waals surface area contributed by atoms with Crippen molar-refractivity contribution < 1.29 is 0 Å². The second-order valence-electron chi connectivity index (χ2n) is 3.08. The number of nitrogens with zero attached hydrogens (tertiary/aromatic N) is 1. The number of thiazole rings is 1. The van der Waals surface area contributed by atoms with Gasteiger partial charge in [-0.2, -0.15) is 0 Å². The molecule has 0 amide bonds. The predicted molar refractivity (Wildman–Crippen MR) is 58.9 cm³/mol. The van der Waals surface area contributed by atoms with Crippen molar-refractivity contribution in [3.8, 4) is 0 Å². The van der Waals surface area contributed by atoms with E-state index in [1.54, 1.807) is 11.3 Å². The Morgan fingerprint density at radius 1 is 1.77 bits per heavy atom. The molecule has 1 heterocycles. The zero-order chi connectivity index (χ0) is 9.68. The molecule has 0 aliphatic heterocycles. The highest BCUT2D eigenvalue weighted by molar-refractivity contribution is 7.07. The molecule has 1 atom stereocenters. The Morgan fingerprint density at radius 3 is 3.08 bits per heavy atom. The molecular weight excluding hydrogens is 180 g/mol. The summed E-state index contributed by atoms with van der Waals surface area (Å²) >= 11 is 1.63. The van der Waals surface area contributed by atoms with Crippen molar-refractivity contribution in [1.82, 2.24) is 10.3 Å². The summed E-state index contributed by atoms with van der Waals surface area (Å²) < 4.78 is 0. The first-order valence-corrected chi connectivity index (χ1v) is 5.48. The van der Waals surface area contributed by atoms with E-state index >= 15 is 0 Å². The zero-order valence-electron chi connectivity index (χ0n) is 8.37. The molecule has 0 bridgehead atoms. The molecule has 0 fully saturated rings. The molecule has 0 aliphatic carbocycles. The monoisotopic (exact) mass is 196 g/mol.